The number of likely N-dealkylation sites (N-methyl/N-ethyl adjacent to an activating group) is 1. The first-order valence-corrected chi connectivity index (χ1v) is 7.38. The highest BCUT2D eigenvalue weighted by Crippen LogP contribution is 2.31. The fourth-order valence-corrected chi connectivity index (χ4v) is 2.95. The van der Waals surface area contributed by atoms with Gasteiger partial charge in [0.05, 0.1) is 6.10 Å². The van der Waals surface area contributed by atoms with E-state index in [1.807, 2.05) is 6.07 Å². The Kier molecular flexibility index (Phi) is 4.83. The molecule has 1 aliphatic heterocycles. The van der Waals surface area contributed by atoms with Crippen LogP contribution in [0.15, 0.2) is 24.3 Å². The Morgan fingerprint density at radius 3 is 2.89 bits per heavy atom. The van der Waals surface area contributed by atoms with Crippen LogP contribution in [0.2, 0.25) is 0 Å². The monoisotopic (exact) mass is 262 g/mol. The summed E-state index contributed by atoms with van der Waals surface area (Å²) in [5.74, 6) is 0.946. The van der Waals surface area contributed by atoms with Crippen molar-refractivity contribution in [3.05, 3.63) is 29.8 Å². The molecule has 2 N–H and O–H groups in total. The predicted molar refractivity (Wildman–Crippen MR) is 79.4 cm³/mol. The summed E-state index contributed by atoms with van der Waals surface area (Å²) >= 11 is 0. The molecular weight excluding hydrogens is 236 g/mol. The van der Waals surface area contributed by atoms with E-state index in [1.165, 1.54) is 12.0 Å². The Balaban J connectivity index is 2.23. The number of benzene rings is 1. The summed E-state index contributed by atoms with van der Waals surface area (Å²) in [4.78, 5) is 2.47. The quantitative estimate of drug-likeness (QED) is 0.906. The maximum atomic E-state index is 6.35. The van der Waals surface area contributed by atoms with E-state index in [4.69, 9.17) is 10.5 Å². The van der Waals surface area contributed by atoms with Crippen LogP contribution >= 0.6 is 0 Å². The molecule has 1 saturated heterocycles. The zero-order valence-corrected chi connectivity index (χ0v) is 12.3. The van der Waals surface area contributed by atoms with Crippen molar-refractivity contribution in [3.8, 4) is 5.75 Å². The van der Waals surface area contributed by atoms with Crippen molar-refractivity contribution < 1.29 is 4.74 Å². The van der Waals surface area contributed by atoms with Crippen molar-refractivity contribution in [1.82, 2.24) is 4.90 Å². The lowest BCUT2D eigenvalue weighted by atomic mass is 9.91. The molecule has 106 valence electrons. The van der Waals surface area contributed by atoms with E-state index in [-0.39, 0.29) is 12.1 Å². The van der Waals surface area contributed by atoms with Crippen LogP contribution < -0.4 is 10.5 Å². The summed E-state index contributed by atoms with van der Waals surface area (Å²) in [6.07, 6.45) is 2.52. The maximum Gasteiger partial charge on any atom is 0.120 e. The number of nitrogens with zero attached hydrogens (tertiary/aromatic N) is 1. The third-order valence-corrected chi connectivity index (χ3v) is 3.76. The van der Waals surface area contributed by atoms with Gasteiger partial charge in [0.1, 0.15) is 5.75 Å². The van der Waals surface area contributed by atoms with Gasteiger partial charge in [-0.3, -0.25) is 4.90 Å². The summed E-state index contributed by atoms with van der Waals surface area (Å²) in [6.45, 7) is 8.51. The minimum atomic E-state index is 0.206. The molecular formula is C16H26N2O. The smallest absolute Gasteiger partial charge is 0.120 e. The molecule has 2 rings (SSSR count). The molecule has 0 radical (unpaired) electrons. The van der Waals surface area contributed by atoms with Gasteiger partial charge in [-0.25, -0.2) is 0 Å². The van der Waals surface area contributed by atoms with Crippen LogP contribution in [0, 0.1) is 0 Å². The standard InChI is InChI=1S/C16H26N2O/c1-4-18-10-6-9-15(17)16(18)13-7-5-8-14(11-13)19-12(2)3/h5,7-8,11-12,15-16H,4,6,9-10,17H2,1-3H3. The Hall–Kier alpha value is -1.06. The van der Waals surface area contributed by atoms with Gasteiger partial charge in [0.2, 0.25) is 0 Å². The summed E-state index contributed by atoms with van der Waals surface area (Å²) < 4.78 is 5.79. The number of ether oxygens (including phenoxy) is 1. The second kappa shape index (κ2) is 6.40. The molecule has 0 amide bonds. The van der Waals surface area contributed by atoms with Gasteiger partial charge in [-0.05, 0) is 57.5 Å². The van der Waals surface area contributed by atoms with Gasteiger partial charge in [0.15, 0.2) is 0 Å². The average Bonchev–Trinajstić information content (AvgIpc) is 2.37. The molecule has 2 unspecified atom stereocenters. The highest BCUT2D eigenvalue weighted by Gasteiger charge is 2.29. The maximum absolute atomic E-state index is 6.35. The SMILES string of the molecule is CCN1CCCC(N)C1c1cccc(OC(C)C)c1. The molecule has 2 atom stereocenters. The van der Waals surface area contributed by atoms with Gasteiger partial charge in [-0.1, -0.05) is 19.1 Å². The van der Waals surface area contributed by atoms with Gasteiger partial charge in [-0.15, -0.1) is 0 Å². The number of nitrogens with two attached hydrogens (primary N) is 1. The van der Waals surface area contributed by atoms with Crippen LogP contribution in [-0.2, 0) is 0 Å². The van der Waals surface area contributed by atoms with Gasteiger partial charge >= 0.3 is 0 Å². The lowest BCUT2D eigenvalue weighted by molar-refractivity contribution is 0.135. The summed E-state index contributed by atoms with van der Waals surface area (Å²) in [5, 5.41) is 0. The summed E-state index contributed by atoms with van der Waals surface area (Å²) in [6, 6.07) is 8.97. The zero-order valence-electron chi connectivity index (χ0n) is 12.3. The highest BCUT2D eigenvalue weighted by atomic mass is 16.5. The number of rotatable bonds is 4. The third-order valence-electron chi connectivity index (χ3n) is 3.76. The van der Waals surface area contributed by atoms with Gasteiger partial charge in [0.25, 0.3) is 0 Å². The first-order chi connectivity index (χ1) is 9.11. The van der Waals surface area contributed by atoms with Crippen molar-refractivity contribution >= 4 is 0 Å². The minimum absolute atomic E-state index is 0.206. The first-order valence-electron chi connectivity index (χ1n) is 7.38. The second-order valence-corrected chi connectivity index (χ2v) is 5.62. The molecule has 1 fully saturated rings. The van der Waals surface area contributed by atoms with Crippen LogP contribution in [0.3, 0.4) is 0 Å². The van der Waals surface area contributed by atoms with Crippen LogP contribution in [0.25, 0.3) is 0 Å². The largest absolute Gasteiger partial charge is 0.491 e. The average molecular weight is 262 g/mol. The van der Waals surface area contributed by atoms with Crippen molar-refractivity contribution in [2.45, 2.75) is 51.8 Å². The van der Waals surface area contributed by atoms with E-state index in [2.05, 4.69) is 43.9 Å². The molecule has 0 aliphatic carbocycles. The number of piperidine rings is 1. The van der Waals surface area contributed by atoms with Gasteiger partial charge in [-0.2, -0.15) is 0 Å². The van der Waals surface area contributed by atoms with Crippen molar-refractivity contribution in [1.29, 1.82) is 0 Å². The van der Waals surface area contributed by atoms with E-state index in [0.29, 0.717) is 6.04 Å². The van der Waals surface area contributed by atoms with E-state index in [1.54, 1.807) is 0 Å². The van der Waals surface area contributed by atoms with E-state index in [0.717, 1.165) is 25.3 Å². The number of hydrogen-bond donors (Lipinski definition) is 1. The summed E-state index contributed by atoms with van der Waals surface area (Å²) in [7, 11) is 0. The van der Waals surface area contributed by atoms with Crippen LogP contribution in [0.4, 0.5) is 0 Å². The van der Waals surface area contributed by atoms with Crippen molar-refractivity contribution in [3.63, 3.8) is 0 Å². The Morgan fingerprint density at radius 1 is 1.42 bits per heavy atom. The first kappa shape index (κ1) is 14.4. The number of hydrogen-bond acceptors (Lipinski definition) is 3. The van der Waals surface area contributed by atoms with Crippen molar-refractivity contribution in [2.24, 2.45) is 5.73 Å². The molecule has 0 bridgehead atoms. The summed E-state index contributed by atoms with van der Waals surface area (Å²) in [5.41, 5.74) is 7.63. The second-order valence-electron chi connectivity index (χ2n) is 5.62. The Labute approximate surface area is 116 Å². The molecule has 3 heteroatoms. The normalized spacial score (nSPS) is 24.7. The molecule has 1 heterocycles. The number of likely N-dealkylation sites (tertiary alicyclic amines) is 1. The van der Waals surface area contributed by atoms with Crippen LogP contribution in [0.1, 0.15) is 45.2 Å². The molecule has 3 nitrogen and oxygen atoms in total. The molecule has 0 saturated carbocycles. The third kappa shape index (κ3) is 3.48. The van der Waals surface area contributed by atoms with E-state index < -0.39 is 0 Å². The van der Waals surface area contributed by atoms with E-state index in [9.17, 15) is 0 Å². The molecule has 19 heavy (non-hydrogen) atoms. The molecule has 0 spiro atoms. The Bertz CT molecular complexity index is 405. The molecule has 1 aliphatic rings. The van der Waals surface area contributed by atoms with E-state index >= 15 is 0 Å². The van der Waals surface area contributed by atoms with Crippen molar-refractivity contribution in [2.75, 3.05) is 13.1 Å². The highest BCUT2D eigenvalue weighted by molar-refractivity contribution is 5.32. The molecule has 1 aromatic rings. The predicted octanol–water partition coefficient (Wildman–Crippen LogP) is 2.96. The molecule has 0 aromatic heterocycles. The fraction of sp³-hybridized carbons (Fsp3) is 0.625. The fourth-order valence-electron chi connectivity index (χ4n) is 2.95. The topological polar surface area (TPSA) is 38.5 Å². The van der Waals surface area contributed by atoms with Gasteiger partial charge < -0.3 is 10.5 Å². The van der Waals surface area contributed by atoms with Crippen LogP contribution in [-0.4, -0.2) is 30.1 Å². The van der Waals surface area contributed by atoms with Crippen LogP contribution in [0.5, 0.6) is 5.75 Å². The molecule has 1 aromatic carbocycles. The van der Waals surface area contributed by atoms with Gasteiger partial charge in [0, 0.05) is 12.1 Å². The zero-order chi connectivity index (χ0) is 13.8. The lowest BCUT2D eigenvalue weighted by Gasteiger charge is -2.39. The lowest BCUT2D eigenvalue weighted by Crippen LogP contribution is -2.45. The minimum Gasteiger partial charge on any atom is -0.491 e. The Morgan fingerprint density at radius 2 is 2.21 bits per heavy atom.